The van der Waals surface area contributed by atoms with Crippen molar-refractivity contribution < 1.29 is 4.74 Å². The standard InChI is InChI=1S/C15H32N2O/c1-5-8-16-11-15(7-10-18-13-15)12-17(9-6-2)14(3)4/h14,16H,5-13H2,1-4H3. The van der Waals surface area contributed by atoms with Crippen molar-refractivity contribution in [2.75, 3.05) is 39.4 Å². The number of hydrogen-bond donors (Lipinski definition) is 1. The average molecular weight is 256 g/mol. The maximum Gasteiger partial charge on any atom is 0.0547 e. The molecule has 1 heterocycles. The van der Waals surface area contributed by atoms with Gasteiger partial charge >= 0.3 is 0 Å². The van der Waals surface area contributed by atoms with Crippen LogP contribution in [0.5, 0.6) is 0 Å². The van der Waals surface area contributed by atoms with Gasteiger partial charge in [0.15, 0.2) is 0 Å². The molecule has 1 aliphatic rings. The second-order valence-electron chi connectivity index (χ2n) is 6.04. The SMILES string of the molecule is CCCNCC1(CN(CCC)C(C)C)CCOC1. The molecule has 0 radical (unpaired) electrons. The molecule has 1 aliphatic heterocycles. The summed E-state index contributed by atoms with van der Waals surface area (Å²) in [7, 11) is 0. The molecule has 1 N–H and O–H groups in total. The molecule has 3 nitrogen and oxygen atoms in total. The van der Waals surface area contributed by atoms with E-state index in [0.717, 1.165) is 26.3 Å². The van der Waals surface area contributed by atoms with Gasteiger partial charge in [0.05, 0.1) is 6.61 Å². The Labute approximate surface area is 113 Å². The zero-order valence-electron chi connectivity index (χ0n) is 12.8. The van der Waals surface area contributed by atoms with Crippen LogP contribution in [0.15, 0.2) is 0 Å². The highest BCUT2D eigenvalue weighted by Crippen LogP contribution is 2.29. The first kappa shape index (κ1) is 15.9. The molecule has 0 spiro atoms. The molecule has 3 heteroatoms. The van der Waals surface area contributed by atoms with Gasteiger partial charge in [-0.05, 0) is 46.2 Å². The van der Waals surface area contributed by atoms with Gasteiger partial charge in [-0.2, -0.15) is 0 Å². The summed E-state index contributed by atoms with van der Waals surface area (Å²) in [6.45, 7) is 15.6. The average Bonchev–Trinajstić information content (AvgIpc) is 2.78. The molecule has 1 rings (SSSR count). The first-order valence-electron chi connectivity index (χ1n) is 7.66. The Bertz CT molecular complexity index is 213. The molecule has 0 amide bonds. The van der Waals surface area contributed by atoms with Crippen molar-refractivity contribution in [3.8, 4) is 0 Å². The first-order valence-corrected chi connectivity index (χ1v) is 7.66. The molecule has 18 heavy (non-hydrogen) atoms. The molecule has 0 aromatic rings. The summed E-state index contributed by atoms with van der Waals surface area (Å²) >= 11 is 0. The summed E-state index contributed by atoms with van der Waals surface area (Å²) in [4.78, 5) is 2.61. The lowest BCUT2D eigenvalue weighted by atomic mass is 9.86. The summed E-state index contributed by atoms with van der Waals surface area (Å²) in [5.74, 6) is 0. The van der Waals surface area contributed by atoms with Crippen molar-refractivity contribution in [2.24, 2.45) is 5.41 Å². The van der Waals surface area contributed by atoms with Crippen LogP contribution in [0.25, 0.3) is 0 Å². The normalized spacial score (nSPS) is 24.3. The van der Waals surface area contributed by atoms with E-state index < -0.39 is 0 Å². The molecular weight excluding hydrogens is 224 g/mol. The number of ether oxygens (including phenoxy) is 1. The van der Waals surface area contributed by atoms with Crippen LogP contribution in [0.2, 0.25) is 0 Å². The molecule has 1 atom stereocenters. The Morgan fingerprint density at radius 3 is 2.56 bits per heavy atom. The molecule has 1 unspecified atom stereocenters. The van der Waals surface area contributed by atoms with Gasteiger partial charge in [-0.1, -0.05) is 13.8 Å². The lowest BCUT2D eigenvalue weighted by Crippen LogP contribution is -2.47. The first-order chi connectivity index (χ1) is 8.63. The minimum Gasteiger partial charge on any atom is -0.381 e. The fourth-order valence-corrected chi connectivity index (χ4v) is 2.74. The van der Waals surface area contributed by atoms with Crippen LogP contribution in [0.4, 0.5) is 0 Å². The molecule has 0 saturated carbocycles. The summed E-state index contributed by atoms with van der Waals surface area (Å²) in [5, 5.41) is 3.60. The van der Waals surface area contributed by atoms with Gasteiger partial charge in [0.2, 0.25) is 0 Å². The molecule has 1 fully saturated rings. The summed E-state index contributed by atoms with van der Waals surface area (Å²) in [6, 6.07) is 0.633. The maximum absolute atomic E-state index is 5.68. The topological polar surface area (TPSA) is 24.5 Å². The van der Waals surface area contributed by atoms with Crippen LogP contribution in [0, 0.1) is 5.41 Å². The zero-order chi connectivity index (χ0) is 13.4. The van der Waals surface area contributed by atoms with E-state index in [1.807, 2.05) is 0 Å². The number of nitrogens with zero attached hydrogens (tertiary/aromatic N) is 1. The van der Waals surface area contributed by atoms with Gasteiger partial charge in [0.1, 0.15) is 0 Å². The van der Waals surface area contributed by atoms with E-state index in [0.29, 0.717) is 11.5 Å². The van der Waals surface area contributed by atoms with Crippen molar-refractivity contribution in [1.29, 1.82) is 0 Å². The Balaban J connectivity index is 2.54. The molecular formula is C15H32N2O. The monoisotopic (exact) mass is 256 g/mol. The van der Waals surface area contributed by atoms with E-state index in [1.165, 1.54) is 32.4 Å². The third-order valence-electron chi connectivity index (χ3n) is 3.89. The molecule has 0 aliphatic carbocycles. The van der Waals surface area contributed by atoms with E-state index >= 15 is 0 Å². The van der Waals surface area contributed by atoms with Gasteiger partial charge in [0.25, 0.3) is 0 Å². The number of rotatable bonds is 9. The molecule has 108 valence electrons. The van der Waals surface area contributed by atoms with Crippen LogP contribution >= 0.6 is 0 Å². The van der Waals surface area contributed by atoms with Crippen molar-refractivity contribution in [3.63, 3.8) is 0 Å². The van der Waals surface area contributed by atoms with E-state index in [2.05, 4.69) is 37.9 Å². The fourth-order valence-electron chi connectivity index (χ4n) is 2.74. The number of nitrogens with one attached hydrogen (secondary N) is 1. The minimum atomic E-state index is 0.342. The lowest BCUT2D eigenvalue weighted by molar-refractivity contribution is 0.0929. The third-order valence-corrected chi connectivity index (χ3v) is 3.89. The van der Waals surface area contributed by atoms with Gasteiger partial charge in [0, 0.05) is 31.2 Å². The molecule has 0 aromatic carbocycles. The molecule has 0 aromatic heterocycles. The molecule has 1 saturated heterocycles. The van der Waals surface area contributed by atoms with Crippen molar-refractivity contribution in [2.45, 2.75) is 53.0 Å². The van der Waals surface area contributed by atoms with Crippen molar-refractivity contribution >= 4 is 0 Å². The zero-order valence-corrected chi connectivity index (χ0v) is 12.8. The van der Waals surface area contributed by atoms with Gasteiger partial charge < -0.3 is 15.0 Å². The van der Waals surface area contributed by atoms with E-state index in [9.17, 15) is 0 Å². The Kier molecular flexibility index (Phi) is 7.20. The van der Waals surface area contributed by atoms with Gasteiger partial charge in [-0.25, -0.2) is 0 Å². The summed E-state index contributed by atoms with van der Waals surface area (Å²) < 4.78 is 5.68. The van der Waals surface area contributed by atoms with E-state index in [4.69, 9.17) is 4.74 Å². The predicted molar refractivity (Wildman–Crippen MR) is 78.0 cm³/mol. The van der Waals surface area contributed by atoms with Crippen molar-refractivity contribution in [1.82, 2.24) is 10.2 Å². The highest BCUT2D eigenvalue weighted by atomic mass is 16.5. The highest BCUT2D eigenvalue weighted by Gasteiger charge is 2.36. The Morgan fingerprint density at radius 1 is 1.28 bits per heavy atom. The highest BCUT2D eigenvalue weighted by molar-refractivity contribution is 4.89. The Hall–Kier alpha value is -0.120. The second kappa shape index (κ2) is 8.13. The van der Waals surface area contributed by atoms with Crippen LogP contribution < -0.4 is 5.32 Å². The van der Waals surface area contributed by atoms with E-state index in [1.54, 1.807) is 0 Å². The largest absolute Gasteiger partial charge is 0.381 e. The third kappa shape index (κ3) is 4.87. The van der Waals surface area contributed by atoms with Crippen LogP contribution in [-0.2, 0) is 4.74 Å². The molecule has 0 bridgehead atoms. The number of hydrogen-bond acceptors (Lipinski definition) is 3. The predicted octanol–water partition coefficient (Wildman–Crippen LogP) is 2.51. The fraction of sp³-hybridized carbons (Fsp3) is 1.00. The van der Waals surface area contributed by atoms with Crippen LogP contribution in [0.3, 0.4) is 0 Å². The quantitative estimate of drug-likeness (QED) is 0.642. The summed E-state index contributed by atoms with van der Waals surface area (Å²) in [6.07, 6.45) is 3.65. The Morgan fingerprint density at radius 2 is 2.06 bits per heavy atom. The van der Waals surface area contributed by atoms with Gasteiger partial charge in [-0.3, -0.25) is 0 Å². The van der Waals surface area contributed by atoms with Crippen LogP contribution in [-0.4, -0.2) is 50.3 Å². The summed E-state index contributed by atoms with van der Waals surface area (Å²) in [5.41, 5.74) is 0.342. The minimum absolute atomic E-state index is 0.342. The second-order valence-corrected chi connectivity index (χ2v) is 6.04. The van der Waals surface area contributed by atoms with E-state index in [-0.39, 0.29) is 0 Å². The maximum atomic E-state index is 5.68. The van der Waals surface area contributed by atoms with Crippen molar-refractivity contribution in [3.05, 3.63) is 0 Å². The lowest BCUT2D eigenvalue weighted by Gasteiger charge is -2.36. The van der Waals surface area contributed by atoms with Gasteiger partial charge in [-0.15, -0.1) is 0 Å². The smallest absolute Gasteiger partial charge is 0.0547 e. The van der Waals surface area contributed by atoms with Crippen LogP contribution in [0.1, 0.15) is 47.0 Å².